The zero-order valence-electron chi connectivity index (χ0n) is 15.1. The van der Waals surface area contributed by atoms with Crippen LogP contribution in [0.2, 0.25) is 5.02 Å². The van der Waals surface area contributed by atoms with Gasteiger partial charge < -0.3 is 14.8 Å². The Balaban J connectivity index is 2.28. The molecule has 0 heterocycles. The molecule has 2 rings (SSSR count). The third-order valence-electron chi connectivity index (χ3n) is 4.09. The number of benzene rings is 2. The van der Waals surface area contributed by atoms with Crippen molar-refractivity contribution >= 4 is 23.2 Å². The minimum absolute atomic E-state index is 0.0596. The van der Waals surface area contributed by atoms with Crippen LogP contribution < -0.4 is 14.8 Å². The SMILES string of the molecule is CCC(=O)Nc1cccc(OC)c1COc1cc(C)c(CC)cc1Cl. The number of hydrogen-bond acceptors (Lipinski definition) is 3. The summed E-state index contributed by atoms with van der Waals surface area (Å²) in [6.07, 6.45) is 1.33. The van der Waals surface area contributed by atoms with Crippen LogP contribution in [0.3, 0.4) is 0 Å². The van der Waals surface area contributed by atoms with Gasteiger partial charge in [0.2, 0.25) is 5.91 Å². The number of rotatable bonds is 7. The van der Waals surface area contributed by atoms with Gasteiger partial charge in [-0.2, -0.15) is 0 Å². The van der Waals surface area contributed by atoms with E-state index < -0.39 is 0 Å². The molecule has 134 valence electrons. The van der Waals surface area contributed by atoms with E-state index in [1.165, 1.54) is 5.56 Å². The number of carbonyl (C=O) groups excluding carboxylic acids is 1. The maximum absolute atomic E-state index is 11.8. The predicted molar refractivity (Wildman–Crippen MR) is 102 cm³/mol. The van der Waals surface area contributed by atoms with E-state index >= 15 is 0 Å². The minimum atomic E-state index is -0.0596. The van der Waals surface area contributed by atoms with Crippen molar-refractivity contribution in [2.24, 2.45) is 0 Å². The van der Waals surface area contributed by atoms with E-state index in [1.807, 2.05) is 44.2 Å². The van der Waals surface area contributed by atoms with Gasteiger partial charge >= 0.3 is 0 Å². The first-order valence-corrected chi connectivity index (χ1v) is 8.75. The number of amides is 1. The van der Waals surface area contributed by atoms with Crippen LogP contribution in [0.4, 0.5) is 5.69 Å². The molecule has 2 aromatic rings. The number of halogens is 1. The lowest BCUT2D eigenvalue weighted by Gasteiger charge is -2.17. The Bertz CT molecular complexity index is 759. The van der Waals surface area contributed by atoms with Crippen LogP contribution in [0.1, 0.15) is 37.0 Å². The van der Waals surface area contributed by atoms with Crippen molar-refractivity contribution in [2.45, 2.75) is 40.2 Å². The van der Waals surface area contributed by atoms with Crippen molar-refractivity contribution in [1.29, 1.82) is 0 Å². The molecule has 0 aliphatic carbocycles. The Morgan fingerprint density at radius 1 is 1.20 bits per heavy atom. The molecular formula is C20H24ClNO3. The molecule has 4 nitrogen and oxygen atoms in total. The van der Waals surface area contributed by atoms with Gasteiger partial charge in [0.1, 0.15) is 18.1 Å². The van der Waals surface area contributed by atoms with Crippen molar-refractivity contribution in [3.8, 4) is 11.5 Å². The second-order valence-electron chi connectivity index (χ2n) is 5.74. The Labute approximate surface area is 154 Å². The molecule has 25 heavy (non-hydrogen) atoms. The third-order valence-corrected chi connectivity index (χ3v) is 4.39. The topological polar surface area (TPSA) is 47.6 Å². The van der Waals surface area contributed by atoms with Crippen LogP contribution in [0, 0.1) is 6.92 Å². The Kier molecular flexibility index (Phi) is 6.71. The van der Waals surface area contributed by atoms with Crippen molar-refractivity contribution in [3.05, 3.63) is 52.0 Å². The van der Waals surface area contributed by atoms with Gasteiger partial charge in [-0.25, -0.2) is 0 Å². The van der Waals surface area contributed by atoms with Crippen LogP contribution in [0.25, 0.3) is 0 Å². The van der Waals surface area contributed by atoms with E-state index in [9.17, 15) is 4.79 Å². The van der Waals surface area contributed by atoms with Gasteiger partial charge in [-0.05, 0) is 48.7 Å². The van der Waals surface area contributed by atoms with Crippen LogP contribution in [-0.4, -0.2) is 13.0 Å². The molecule has 2 aromatic carbocycles. The molecule has 5 heteroatoms. The molecule has 0 bridgehead atoms. The van der Waals surface area contributed by atoms with E-state index in [0.717, 1.165) is 17.5 Å². The summed E-state index contributed by atoms with van der Waals surface area (Å²) >= 11 is 6.34. The normalized spacial score (nSPS) is 10.4. The maximum atomic E-state index is 11.8. The molecule has 0 radical (unpaired) electrons. The maximum Gasteiger partial charge on any atom is 0.224 e. The molecule has 0 unspecified atom stereocenters. The fraction of sp³-hybridized carbons (Fsp3) is 0.350. The Morgan fingerprint density at radius 3 is 2.60 bits per heavy atom. The number of hydrogen-bond donors (Lipinski definition) is 1. The highest BCUT2D eigenvalue weighted by atomic mass is 35.5. The number of nitrogens with one attached hydrogen (secondary N) is 1. The monoisotopic (exact) mass is 361 g/mol. The first-order valence-electron chi connectivity index (χ1n) is 8.37. The first-order chi connectivity index (χ1) is 12.0. The molecule has 1 N–H and O–H groups in total. The highest BCUT2D eigenvalue weighted by molar-refractivity contribution is 6.32. The van der Waals surface area contributed by atoms with Crippen LogP contribution >= 0.6 is 11.6 Å². The predicted octanol–water partition coefficient (Wildman–Crippen LogP) is 5.15. The van der Waals surface area contributed by atoms with E-state index in [-0.39, 0.29) is 12.5 Å². The standard InChI is InChI=1S/C20H24ClNO3/c1-5-14-11-16(21)19(10-13(14)3)25-12-15-17(22-20(23)6-2)8-7-9-18(15)24-4/h7-11H,5-6,12H2,1-4H3,(H,22,23). The lowest BCUT2D eigenvalue weighted by Crippen LogP contribution is -2.13. The van der Waals surface area contributed by atoms with Gasteiger partial charge in [0.05, 0.1) is 23.4 Å². The fourth-order valence-corrected chi connectivity index (χ4v) is 2.84. The van der Waals surface area contributed by atoms with Gasteiger partial charge in [-0.3, -0.25) is 4.79 Å². The molecule has 0 saturated heterocycles. The molecule has 0 aliphatic heterocycles. The Hall–Kier alpha value is -2.20. The number of methoxy groups -OCH3 is 1. The lowest BCUT2D eigenvalue weighted by atomic mass is 10.1. The molecule has 0 saturated carbocycles. The summed E-state index contributed by atoms with van der Waals surface area (Å²) in [4.78, 5) is 11.8. The summed E-state index contributed by atoms with van der Waals surface area (Å²) in [6.45, 7) is 6.19. The van der Waals surface area contributed by atoms with Gasteiger partial charge in [0.15, 0.2) is 0 Å². The summed E-state index contributed by atoms with van der Waals surface area (Å²) in [7, 11) is 1.59. The average Bonchev–Trinajstić information content (AvgIpc) is 2.62. The first kappa shape index (κ1) is 19.1. The molecular weight excluding hydrogens is 338 g/mol. The van der Waals surface area contributed by atoms with Crippen molar-refractivity contribution < 1.29 is 14.3 Å². The zero-order chi connectivity index (χ0) is 18.4. The van der Waals surface area contributed by atoms with Crippen molar-refractivity contribution in [3.63, 3.8) is 0 Å². The van der Waals surface area contributed by atoms with Crippen LogP contribution in [-0.2, 0) is 17.8 Å². The molecule has 0 atom stereocenters. The van der Waals surface area contributed by atoms with Crippen LogP contribution in [0.15, 0.2) is 30.3 Å². The molecule has 0 fully saturated rings. The molecule has 0 aromatic heterocycles. The summed E-state index contributed by atoms with van der Waals surface area (Å²) in [5.74, 6) is 1.22. The molecule has 0 aliphatic rings. The average molecular weight is 362 g/mol. The van der Waals surface area contributed by atoms with E-state index in [0.29, 0.717) is 28.6 Å². The number of aryl methyl sites for hydroxylation is 2. The number of carbonyl (C=O) groups is 1. The minimum Gasteiger partial charge on any atom is -0.496 e. The largest absolute Gasteiger partial charge is 0.496 e. The van der Waals surface area contributed by atoms with Crippen molar-refractivity contribution in [1.82, 2.24) is 0 Å². The summed E-state index contributed by atoms with van der Waals surface area (Å²) in [5, 5.41) is 3.46. The summed E-state index contributed by atoms with van der Waals surface area (Å²) < 4.78 is 11.4. The highest BCUT2D eigenvalue weighted by Gasteiger charge is 2.13. The van der Waals surface area contributed by atoms with Gasteiger partial charge in [-0.15, -0.1) is 0 Å². The van der Waals surface area contributed by atoms with Gasteiger partial charge in [0.25, 0.3) is 0 Å². The molecule has 1 amide bonds. The second kappa shape index (κ2) is 8.77. The van der Waals surface area contributed by atoms with Crippen LogP contribution in [0.5, 0.6) is 11.5 Å². The summed E-state index contributed by atoms with van der Waals surface area (Å²) in [5.41, 5.74) is 3.80. The zero-order valence-corrected chi connectivity index (χ0v) is 15.9. The molecule has 0 spiro atoms. The Morgan fingerprint density at radius 2 is 1.96 bits per heavy atom. The quantitative estimate of drug-likeness (QED) is 0.742. The van der Waals surface area contributed by atoms with Gasteiger partial charge in [-0.1, -0.05) is 31.5 Å². The van der Waals surface area contributed by atoms with E-state index in [1.54, 1.807) is 7.11 Å². The fourth-order valence-electron chi connectivity index (χ4n) is 2.60. The van der Waals surface area contributed by atoms with E-state index in [2.05, 4.69) is 12.2 Å². The lowest BCUT2D eigenvalue weighted by molar-refractivity contribution is -0.115. The highest BCUT2D eigenvalue weighted by Crippen LogP contribution is 2.32. The summed E-state index contributed by atoms with van der Waals surface area (Å²) in [6, 6.07) is 9.39. The van der Waals surface area contributed by atoms with Crippen molar-refractivity contribution in [2.75, 3.05) is 12.4 Å². The smallest absolute Gasteiger partial charge is 0.224 e. The number of ether oxygens (including phenoxy) is 2. The van der Waals surface area contributed by atoms with Gasteiger partial charge in [0, 0.05) is 6.42 Å². The van der Waals surface area contributed by atoms with E-state index in [4.69, 9.17) is 21.1 Å². The second-order valence-corrected chi connectivity index (χ2v) is 6.15. The third kappa shape index (κ3) is 4.67. The number of anilines is 1.